The second-order valence-corrected chi connectivity index (χ2v) is 7.80. The van der Waals surface area contributed by atoms with Gasteiger partial charge in [0.2, 0.25) is 11.0 Å². The van der Waals surface area contributed by atoms with Crippen LogP contribution in [0.2, 0.25) is 5.02 Å². The van der Waals surface area contributed by atoms with E-state index in [1.807, 2.05) is 31.2 Å². The zero-order valence-corrected chi connectivity index (χ0v) is 16.1. The van der Waals surface area contributed by atoms with Crippen LogP contribution in [-0.4, -0.2) is 28.4 Å². The Morgan fingerprint density at radius 3 is 2.71 bits per heavy atom. The molecular formula is C16H21ClN4OS2. The van der Waals surface area contributed by atoms with Gasteiger partial charge in [-0.15, -0.1) is 10.2 Å². The summed E-state index contributed by atoms with van der Waals surface area (Å²) >= 11 is 8.79. The lowest BCUT2D eigenvalue weighted by Crippen LogP contribution is -2.29. The Hall–Kier alpha value is -1.31. The highest BCUT2D eigenvalue weighted by atomic mass is 35.5. The summed E-state index contributed by atoms with van der Waals surface area (Å²) in [6.07, 6.45) is 1.86. The van der Waals surface area contributed by atoms with Crippen molar-refractivity contribution in [2.24, 2.45) is 0 Å². The number of hydrogen-bond donors (Lipinski definition) is 2. The molecular weight excluding hydrogens is 364 g/mol. The molecule has 5 nitrogen and oxygen atoms in total. The molecule has 1 atom stereocenters. The highest BCUT2D eigenvalue weighted by Gasteiger charge is 2.14. The molecule has 130 valence electrons. The molecule has 0 bridgehead atoms. The smallest absolute Gasteiger partial charge is 0.230 e. The molecule has 8 heteroatoms. The number of aromatic nitrogens is 2. The molecule has 1 aromatic carbocycles. The monoisotopic (exact) mass is 384 g/mol. The maximum atomic E-state index is 12.2. The van der Waals surface area contributed by atoms with Gasteiger partial charge in [0, 0.05) is 11.6 Å². The van der Waals surface area contributed by atoms with Crippen molar-refractivity contribution in [2.45, 2.75) is 37.1 Å². The van der Waals surface area contributed by atoms with E-state index in [0.717, 1.165) is 34.4 Å². The lowest BCUT2D eigenvalue weighted by atomic mass is 10.0. The van der Waals surface area contributed by atoms with Crippen molar-refractivity contribution in [3.05, 3.63) is 34.9 Å². The fraction of sp³-hybridized carbons (Fsp3) is 0.438. The van der Waals surface area contributed by atoms with Crippen LogP contribution in [0.4, 0.5) is 5.13 Å². The number of amides is 1. The first kappa shape index (κ1) is 19.0. The Morgan fingerprint density at radius 1 is 1.29 bits per heavy atom. The van der Waals surface area contributed by atoms with Crippen molar-refractivity contribution < 1.29 is 4.79 Å². The molecule has 1 aromatic heterocycles. The molecule has 2 aromatic rings. The van der Waals surface area contributed by atoms with Crippen molar-refractivity contribution in [3.8, 4) is 0 Å². The zero-order chi connectivity index (χ0) is 17.4. The molecule has 1 unspecified atom stereocenters. The highest BCUT2D eigenvalue weighted by Crippen LogP contribution is 2.25. The minimum atomic E-state index is -0.0138. The van der Waals surface area contributed by atoms with Crippen molar-refractivity contribution in [1.29, 1.82) is 0 Å². The summed E-state index contributed by atoms with van der Waals surface area (Å²) in [5.41, 5.74) is 1.06. The van der Waals surface area contributed by atoms with Gasteiger partial charge in [-0.25, -0.2) is 0 Å². The van der Waals surface area contributed by atoms with E-state index >= 15 is 0 Å². The second-order valence-electron chi connectivity index (χ2n) is 5.17. The second kappa shape index (κ2) is 9.86. The summed E-state index contributed by atoms with van der Waals surface area (Å²) in [6.45, 7) is 5.01. The Kier molecular flexibility index (Phi) is 7.81. The number of rotatable bonds is 9. The van der Waals surface area contributed by atoms with Crippen molar-refractivity contribution in [1.82, 2.24) is 15.5 Å². The van der Waals surface area contributed by atoms with E-state index in [9.17, 15) is 4.79 Å². The number of nitrogens with zero attached hydrogens (tertiary/aromatic N) is 2. The maximum Gasteiger partial charge on any atom is 0.230 e. The number of carbonyl (C=O) groups is 1. The third kappa shape index (κ3) is 5.96. The summed E-state index contributed by atoms with van der Waals surface area (Å²) in [5, 5.41) is 15.9. The van der Waals surface area contributed by atoms with Crippen LogP contribution in [-0.2, 0) is 4.79 Å². The fourth-order valence-corrected chi connectivity index (χ4v) is 3.77. The molecule has 0 aliphatic carbocycles. The number of benzene rings is 1. The molecule has 0 spiro atoms. The van der Waals surface area contributed by atoms with Crippen LogP contribution in [0, 0.1) is 0 Å². The molecule has 0 saturated carbocycles. The molecule has 0 radical (unpaired) electrons. The van der Waals surface area contributed by atoms with Gasteiger partial charge in [0.05, 0.1) is 11.8 Å². The van der Waals surface area contributed by atoms with Crippen LogP contribution in [0.15, 0.2) is 28.6 Å². The largest absolute Gasteiger partial charge is 0.360 e. The Morgan fingerprint density at radius 2 is 2.04 bits per heavy atom. The highest BCUT2D eigenvalue weighted by molar-refractivity contribution is 8.01. The van der Waals surface area contributed by atoms with Crippen molar-refractivity contribution in [2.75, 3.05) is 17.6 Å². The molecule has 2 rings (SSSR count). The first-order chi connectivity index (χ1) is 11.6. The average molecular weight is 385 g/mol. The zero-order valence-electron chi connectivity index (χ0n) is 13.7. The molecule has 2 N–H and O–H groups in total. The lowest BCUT2D eigenvalue weighted by molar-refractivity contribution is -0.119. The van der Waals surface area contributed by atoms with E-state index < -0.39 is 0 Å². The number of halogens is 1. The SMILES string of the molecule is CCCNc1nnc(SCC(=O)NC(CC)c2ccc(Cl)cc2)s1. The molecule has 1 amide bonds. The normalized spacial score (nSPS) is 12.0. The van der Waals surface area contributed by atoms with Crippen LogP contribution in [0.25, 0.3) is 0 Å². The molecule has 0 aliphatic heterocycles. The van der Waals surface area contributed by atoms with Crippen LogP contribution in [0.3, 0.4) is 0 Å². The number of anilines is 1. The van der Waals surface area contributed by atoms with E-state index in [4.69, 9.17) is 11.6 Å². The molecule has 0 fully saturated rings. The number of thioether (sulfide) groups is 1. The summed E-state index contributed by atoms with van der Waals surface area (Å²) in [7, 11) is 0. The predicted octanol–water partition coefficient (Wildman–Crippen LogP) is 4.37. The van der Waals surface area contributed by atoms with Gasteiger partial charge >= 0.3 is 0 Å². The lowest BCUT2D eigenvalue weighted by Gasteiger charge is -2.17. The number of hydrogen-bond acceptors (Lipinski definition) is 6. The summed E-state index contributed by atoms with van der Waals surface area (Å²) < 4.78 is 0.795. The van der Waals surface area contributed by atoms with Gasteiger partial charge in [-0.1, -0.05) is 60.7 Å². The van der Waals surface area contributed by atoms with Gasteiger partial charge < -0.3 is 10.6 Å². The summed E-state index contributed by atoms with van der Waals surface area (Å²) in [6, 6.07) is 7.56. The topological polar surface area (TPSA) is 66.9 Å². The molecule has 0 saturated heterocycles. The van der Waals surface area contributed by atoms with Gasteiger partial charge in [0.1, 0.15) is 0 Å². The Bertz CT molecular complexity index is 648. The molecule has 0 aliphatic rings. The third-order valence-electron chi connectivity index (χ3n) is 3.28. The first-order valence-electron chi connectivity index (χ1n) is 7.87. The van der Waals surface area contributed by atoms with Gasteiger partial charge in [0.15, 0.2) is 4.34 Å². The molecule has 24 heavy (non-hydrogen) atoms. The van der Waals surface area contributed by atoms with E-state index in [1.54, 1.807) is 0 Å². The Labute approximate surface area is 155 Å². The van der Waals surface area contributed by atoms with E-state index in [-0.39, 0.29) is 11.9 Å². The fourth-order valence-electron chi connectivity index (χ4n) is 2.05. The van der Waals surface area contributed by atoms with Gasteiger partial charge in [0.25, 0.3) is 0 Å². The van der Waals surface area contributed by atoms with Crippen molar-refractivity contribution >= 4 is 45.7 Å². The maximum absolute atomic E-state index is 12.2. The third-order valence-corrected chi connectivity index (χ3v) is 5.54. The standard InChI is InChI=1S/C16H21ClN4OS2/c1-3-9-18-15-20-21-16(24-15)23-10-14(22)19-13(4-2)11-5-7-12(17)8-6-11/h5-8,13H,3-4,9-10H2,1-2H3,(H,18,20)(H,19,22). The van der Waals surface area contributed by atoms with Crippen LogP contribution >= 0.6 is 34.7 Å². The van der Waals surface area contributed by atoms with Gasteiger partial charge in [-0.2, -0.15) is 0 Å². The van der Waals surface area contributed by atoms with Gasteiger partial charge in [-0.05, 0) is 30.5 Å². The minimum Gasteiger partial charge on any atom is -0.360 e. The van der Waals surface area contributed by atoms with Crippen molar-refractivity contribution in [3.63, 3.8) is 0 Å². The minimum absolute atomic E-state index is 0.00781. The van der Waals surface area contributed by atoms with Crippen LogP contribution in [0.5, 0.6) is 0 Å². The summed E-state index contributed by atoms with van der Waals surface area (Å²) in [4.78, 5) is 12.2. The average Bonchev–Trinajstić information content (AvgIpc) is 3.05. The number of nitrogens with one attached hydrogen (secondary N) is 2. The quantitative estimate of drug-likeness (QED) is 0.628. The van der Waals surface area contributed by atoms with Gasteiger partial charge in [-0.3, -0.25) is 4.79 Å². The van der Waals surface area contributed by atoms with Crippen LogP contribution in [0.1, 0.15) is 38.3 Å². The summed E-state index contributed by atoms with van der Waals surface area (Å²) in [5.74, 6) is 0.312. The number of carbonyl (C=O) groups excluding carboxylic acids is 1. The van der Waals surface area contributed by atoms with E-state index in [1.165, 1.54) is 23.1 Å². The predicted molar refractivity (Wildman–Crippen MR) is 102 cm³/mol. The molecule has 1 heterocycles. The van der Waals surface area contributed by atoms with Crippen LogP contribution < -0.4 is 10.6 Å². The first-order valence-corrected chi connectivity index (χ1v) is 10.0. The van der Waals surface area contributed by atoms with E-state index in [0.29, 0.717) is 10.8 Å². The Balaban J connectivity index is 1.83. The van der Waals surface area contributed by atoms with E-state index in [2.05, 4.69) is 27.8 Å².